The van der Waals surface area contributed by atoms with Gasteiger partial charge in [-0.05, 0) is 30.3 Å². The number of aromatic nitrogens is 3. The number of hydrogen-bond donors (Lipinski definition) is 1. The second kappa shape index (κ2) is 7.51. The minimum Gasteiger partial charge on any atom is -0.482 e. The average Bonchev–Trinajstić information content (AvgIpc) is 2.97. The van der Waals surface area contributed by atoms with E-state index in [4.69, 9.17) is 27.9 Å². The molecule has 0 aliphatic rings. The van der Waals surface area contributed by atoms with Gasteiger partial charge >= 0.3 is 0 Å². The maximum atomic E-state index is 11.8. The van der Waals surface area contributed by atoms with E-state index in [0.717, 1.165) is 11.5 Å². The second-order valence-corrected chi connectivity index (χ2v) is 5.85. The molecule has 3 rings (SSSR count). The van der Waals surface area contributed by atoms with Crippen molar-refractivity contribution in [2.75, 3.05) is 13.2 Å². The molecule has 0 saturated carbocycles. The molecule has 6 nitrogen and oxygen atoms in total. The van der Waals surface area contributed by atoms with Crippen molar-refractivity contribution in [3.8, 4) is 5.75 Å². The zero-order valence-electron chi connectivity index (χ0n) is 12.6. The van der Waals surface area contributed by atoms with Crippen LogP contribution in [0.4, 0.5) is 0 Å². The Hall–Kier alpha value is -2.31. The van der Waals surface area contributed by atoms with Crippen LogP contribution in [0.3, 0.4) is 0 Å². The molecule has 124 valence electrons. The number of halogens is 2. The van der Waals surface area contributed by atoms with Gasteiger partial charge < -0.3 is 10.1 Å². The fourth-order valence-corrected chi connectivity index (χ4v) is 2.62. The molecule has 0 bridgehead atoms. The standard InChI is InChI=1S/C16H14Cl2N4O2/c17-11-4-5-13(12(18)9-11)24-10-16(23)19-7-6-15-21-20-14-3-1-2-8-22(14)15/h1-5,8-9H,6-7,10H2,(H,19,23). The summed E-state index contributed by atoms with van der Waals surface area (Å²) >= 11 is 11.8. The Kier molecular flexibility index (Phi) is 5.17. The van der Waals surface area contributed by atoms with Gasteiger partial charge in [0.1, 0.15) is 11.6 Å². The lowest BCUT2D eigenvalue weighted by atomic mass is 10.3. The molecular weight excluding hydrogens is 351 g/mol. The van der Waals surface area contributed by atoms with Crippen LogP contribution in [-0.2, 0) is 11.2 Å². The van der Waals surface area contributed by atoms with Crippen LogP contribution in [0.5, 0.6) is 5.75 Å². The summed E-state index contributed by atoms with van der Waals surface area (Å²) in [6.07, 6.45) is 2.46. The number of amides is 1. The molecule has 0 saturated heterocycles. The molecule has 1 amide bonds. The number of benzene rings is 1. The van der Waals surface area contributed by atoms with Crippen molar-refractivity contribution >= 4 is 34.8 Å². The topological polar surface area (TPSA) is 68.5 Å². The number of ether oxygens (including phenoxy) is 1. The maximum Gasteiger partial charge on any atom is 0.257 e. The second-order valence-electron chi connectivity index (χ2n) is 5.01. The number of carbonyl (C=O) groups is 1. The van der Waals surface area contributed by atoms with Crippen molar-refractivity contribution in [3.05, 3.63) is 58.5 Å². The summed E-state index contributed by atoms with van der Waals surface area (Å²) in [5.41, 5.74) is 0.777. The summed E-state index contributed by atoms with van der Waals surface area (Å²) < 4.78 is 7.26. The van der Waals surface area contributed by atoms with E-state index in [0.29, 0.717) is 28.8 Å². The summed E-state index contributed by atoms with van der Waals surface area (Å²) in [6.45, 7) is 0.314. The summed E-state index contributed by atoms with van der Waals surface area (Å²) in [7, 11) is 0. The first-order valence-corrected chi connectivity index (χ1v) is 8.02. The van der Waals surface area contributed by atoms with Crippen LogP contribution in [0, 0.1) is 0 Å². The Bertz CT molecular complexity index is 866. The van der Waals surface area contributed by atoms with E-state index < -0.39 is 0 Å². The Labute approximate surface area is 148 Å². The molecule has 0 fully saturated rings. The molecule has 2 heterocycles. The third-order valence-electron chi connectivity index (χ3n) is 3.31. The summed E-state index contributed by atoms with van der Waals surface area (Å²) in [5, 5.41) is 11.8. The molecule has 0 atom stereocenters. The van der Waals surface area contributed by atoms with Crippen LogP contribution < -0.4 is 10.1 Å². The van der Waals surface area contributed by atoms with Crippen molar-refractivity contribution in [2.24, 2.45) is 0 Å². The molecule has 0 radical (unpaired) electrons. The lowest BCUT2D eigenvalue weighted by Gasteiger charge is -2.08. The van der Waals surface area contributed by atoms with Gasteiger partial charge in [-0.1, -0.05) is 29.3 Å². The SMILES string of the molecule is O=C(COc1ccc(Cl)cc1Cl)NCCc1nnc2ccccn12. The third-order valence-corrected chi connectivity index (χ3v) is 3.84. The summed E-state index contributed by atoms with van der Waals surface area (Å²) in [6, 6.07) is 10.5. The molecule has 0 spiro atoms. The van der Waals surface area contributed by atoms with Crippen LogP contribution in [0.15, 0.2) is 42.6 Å². The Morgan fingerprint density at radius 2 is 2.08 bits per heavy atom. The highest BCUT2D eigenvalue weighted by Gasteiger charge is 2.08. The zero-order valence-corrected chi connectivity index (χ0v) is 14.1. The van der Waals surface area contributed by atoms with Gasteiger partial charge in [0.25, 0.3) is 5.91 Å². The van der Waals surface area contributed by atoms with Gasteiger partial charge in [-0.3, -0.25) is 9.20 Å². The molecule has 2 aromatic heterocycles. The normalized spacial score (nSPS) is 10.8. The molecule has 0 unspecified atom stereocenters. The molecule has 1 N–H and O–H groups in total. The Morgan fingerprint density at radius 1 is 1.21 bits per heavy atom. The number of pyridine rings is 1. The molecule has 0 aliphatic carbocycles. The Morgan fingerprint density at radius 3 is 2.92 bits per heavy atom. The van der Waals surface area contributed by atoms with E-state index in [1.165, 1.54) is 0 Å². The fourth-order valence-electron chi connectivity index (χ4n) is 2.16. The summed E-state index contributed by atoms with van der Waals surface area (Å²) in [5.74, 6) is 0.960. The van der Waals surface area contributed by atoms with E-state index in [1.54, 1.807) is 18.2 Å². The highest BCUT2D eigenvalue weighted by atomic mass is 35.5. The van der Waals surface area contributed by atoms with Crippen molar-refractivity contribution in [2.45, 2.75) is 6.42 Å². The first-order chi connectivity index (χ1) is 11.6. The van der Waals surface area contributed by atoms with Gasteiger partial charge in [-0.15, -0.1) is 10.2 Å². The predicted octanol–water partition coefficient (Wildman–Crippen LogP) is 2.77. The number of nitrogens with one attached hydrogen (secondary N) is 1. The van der Waals surface area contributed by atoms with E-state index in [-0.39, 0.29) is 12.5 Å². The van der Waals surface area contributed by atoms with Crippen LogP contribution >= 0.6 is 23.2 Å². The number of hydrogen-bond acceptors (Lipinski definition) is 4. The average molecular weight is 365 g/mol. The molecule has 1 aromatic carbocycles. The monoisotopic (exact) mass is 364 g/mol. The van der Waals surface area contributed by atoms with E-state index in [1.807, 2.05) is 28.8 Å². The van der Waals surface area contributed by atoms with Gasteiger partial charge in [0.15, 0.2) is 12.3 Å². The molecule has 3 aromatic rings. The van der Waals surface area contributed by atoms with Gasteiger partial charge in [0.2, 0.25) is 0 Å². The van der Waals surface area contributed by atoms with Gasteiger partial charge in [-0.25, -0.2) is 0 Å². The number of rotatable bonds is 6. The largest absolute Gasteiger partial charge is 0.482 e. The van der Waals surface area contributed by atoms with Crippen LogP contribution in [0.25, 0.3) is 5.65 Å². The molecular formula is C16H14Cl2N4O2. The fraction of sp³-hybridized carbons (Fsp3) is 0.188. The van der Waals surface area contributed by atoms with Gasteiger partial charge in [0, 0.05) is 24.2 Å². The number of carbonyl (C=O) groups excluding carboxylic acids is 1. The van der Waals surface area contributed by atoms with Crippen molar-refractivity contribution in [3.63, 3.8) is 0 Å². The van der Waals surface area contributed by atoms with Crippen LogP contribution in [-0.4, -0.2) is 33.7 Å². The minimum absolute atomic E-state index is 0.123. The predicted molar refractivity (Wildman–Crippen MR) is 91.7 cm³/mol. The highest BCUT2D eigenvalue weighted by Crippen LogP contribution is 2.27. The third kappa shape index (κ3) is 3.96. The van der Waals surface area contributed by atoms with E-state index in [9.17, 15) is 4.79 Å². The maximum absolute atomic E-state index is 11.8. The zero-order chi connectivity index (χ0) is 16.9. The first kappa shape index (κ1) is 16.5. The van der Waals surface area contributed by atoms with Gasteiger partial charge in [0.05, 0.1) is 5.02 Å². The number of nitrogens with zero attached hydrogens (tertiary/aromatic N) is 3. The molecule has 24 heavy (non-hydrogen) atoms. The number of fused-ring (bicyclic) bond motifs is 1. The van der Waals surface area contributed by atoms with Gasteiger partial charge in [-0.2, -0.15) is 0 Å². The van der Waals surface area contributed by atoms with Crippen molar-refractivity contribution in [1.82, 2.24) is 19.9 Å². The van der Waals surface area contributed by atoms with Crippen molar-refractivity contribution < 1.29 is 9.53 Å². The minimum atomic E-state index is -0.241. The van der Waals surface area contributed by atoms with Crippen LogP contribution in [0.1, 0.15) is 5.82 Å². The smallest absolute Gasteiger partial charge is 0.257 e. The first-order valence-electron chi connectivity index (χ1n) is 7.26. The summed E-state index contributed by atoms with van der Waals surface area (Å²) in [4.78, 5) is 11.8. The van der Waals surface area contributed by atoms with E-state index in [2.05, 4.69) is 15.5 Å². The lowest BCUT2D eigenvalue weighted by molar-refractivity contribution is -0.123. The van der Waals surface area contributed by atoms with Crippen LogP contribution in [0.2, 0.25) is 10.0 Å². The highest BCUT2D eigenvalue weighted by molar-refractivity contribution is 6.35. The molecule has 8 heteroatoms. The molecule has 0 aliphatic heterocycles. The quantitative estimate of drug-likeness (QED) is 0.730. The van der Waals surface area contributed by atoms with E-state index >= 15 is 0 Å². The lowest BCUT2D eigenvalue weighted by Crippen LogP contribution is -2.30. The van der Waals surface area contributed by atoms with Crippen molar-refractivity contribution in [1.29, 1.82) is 0 Å². The Balaban J connectivity index is 1.47.